The number of oxime groups is 1. The summed E-state index contributed by atoms with van der Waals surface area (Å²) in [5.74, 6) is -8.56. The topological polar surface area (TPSA) is 223 Å². The molecule has 3 heterocycles. The van der Waals surface area contributed by atoms with Crippen molar-refractivity contribution in [2.75, 3.05) is 19.0 Å². The summed E-state index contributed by atoms with van der Waals surface area (Å²) in [5, 5.41) is 64.9. The fourth-order valence-corrected chi connectivity index (χ4v) is 8.10. The SMILES string of the molecule is COC1C=COC2(C)Oc3c(C)c(O)c4c(O)c(c(C=CC(C)=NOCCc5ccccc5)c(O)c4c3C2=O)NC(=O)C(C)=CC=CC(C)C(O)C(C)C(O)C(C)C(OC(C)=O)C1C. The fourth-order valence-electron chi connectivity index (χ4n) is 8.10. The minimum Gasteiger partial charge on any atom is -0.507 e. The number of methoxy groups -OCH3 is 1. The molecule has 0 aromatic heterocycles. The van der Waals surface area contributed by atoms with Gasteiger partial charge in [-0.2, -0.15) is 0 Å². The van der Waals surface area contributed by atoms with Crippen molar-refractivity contribution in [3.63, 3.8) is 0 Å². The van der Waals surface area contributed by atoms with Crippen LogP contribution >= 0.6 is 0 Å². The number of fused-ring (bicyclic) bond motifs is 14. The molecule has 6 rings (SSSR count). The zero-order valence-corrected chi connectivity index (χ0v) is 37.9. The van der Waals surface area contributed by atoms with Gasteiger partial charge < -0.3 is 54.6 Å². The Morgan fingerprint density at radius 3 is 2.27 bits per heavy atom. The number of hydrogen-bond acceptors (Lipinski definition) is 14. The standard InChI is InChI=1S/C49H60N2O13/c1-25-15-14-16-26(2)48(59)50-39-34(20-19-27(3)51-62-24-21-33-17-12-11-13-18-33)43(56)36-37(44(39)57)42(55)31(7)46-38(36)47(58)49(9,64-46)61-23-22-35(60-10)28(4)45(63-32(8)52)30(6)41(54)29(5)40(25)53/h11-20,22-23,25,28-30,35,40-41,45,53-57H,21,24H2,1-10H3,(H,50,59). The Kier molecular flexibility index (Phi) is 15.7. The molecule has 3 aliphatic heterocycles. The number of Topliss-reactive ketones (excluding diaryl/α,β-unsaturated/α-hetero) is 1. The van der Waals surface area contributed by atoms with Crippen molar-refractivity contribution < 1.29 is 63.7 Å². The fraction of sp³-hybridized carbons (Fsp3) is 0.429. The summed E-state index contributed by atoms with van der Waals surface area (Å²) in [5.41, 5.74) is 0.972. The van der Waals surface area contributed by atoms with E-state index in [1.807, 2.05) is 30.3 Å². The number of carbonyl (C=O) groups excluding carboxylic acids is 3. The number of hydrogen-bond donors (Lipinski definition) is 6. The first-order chi connectivity index (χ1) is 30.2. The number of aliphatic hydroxyl groups is 2. The summed E-state index contributed by atoms with van der Waals surface area (Å²) in [6.07, 6.45) is 6.93. The number of benzene rings is 3. The van der Waals surface area contributed by atoms with Crippen LogP contribution in [0.2, 0.25) is 0 Å². The number of allylic oxidation sites excluding steroid dienone is 3. The average Bonchev–Trinajstić information content (AvgIpc) is 3.53. The van der Waals surface area contributed by atoms with Gasteiger partial charge >= 0.3 is 11.8 Å². The maximum absolute atomic E-state index is 14.5. The summed E-state index contributed by atoms with van der Waals surface area (Å²) in [6.45, 7) is 14.4. The molecule has 9 unspecified atom stereocenters. The van der Waals surface area contributed by atoms with E-state index < -0.39 is 88.8 Å². The number of nitrogens with zero attached hydrogens (tertiary/aromatic N) is 1. The highest BCUT2D eigenvalue weighted by Crippen LogP contribution is 2.55. The zero-order chi connectivity index (χ0) is 47.2. The third kappa shape index (κ3) is 10.3. The second kappa shape index (κ2) is 20.6. The Morgan fingerprint density at radius 2 is 1.61 bits per heavy atom. The van der Waals surface area contributed by atoms with Crippen LogP contribution in [0.4, 0.5) is 5.69 Å². The molecule has 0 aliphatic carbocycles. The zero-order valence-electron chi connectivity index (χ0n) is 37.9. The van der Waals surface area contributed by atoms with Gasteiger partial charge in [0.1, 0.15) is 30.0 Å². The molecule has 5 bridgehead atoms. The lowest BCUT2D eigenvalue weighted by molar-refractivity contribution is -0.160. The summed E-state index contributed by atoms with van der Waals surface area (Å²) in [6, 6.07) is 9.70. The molecular formula is C49H60N2O13. The summed E-state index contributed by atoms with van der Waals surface area (Å²) < 4.78 is 23.6. The Hall–Kier alpha value is -6.16. The Bertz CT molecular complexity index is 2390. The number of anilines is 1. The molecule has 15 heteroatoms. The lowest BCUT2D eigenvalue weighted by Crippen LogP contribution is -2.46. The van der Waals surface area contributed by atoms with Crippen LogP contribution in [0.3, 0.4) is 0 Å². The molecule has 0 saturated carbocycles. The van der Waals surface area contributed by atoms with Gasteiger partial charge in [-0.05, 0) is 44.6 Å². The van der Waals surface area contributed by atoms with E-state index >= 15 is 0 Å². The van der Waals surface area contributed by atoms with Crippen LogP contribution in [0.15, 0.2) is 77.7 Å². The van der Waals surface area contributed by atoms with Crippen molar-refractivity contribution in [1.29, 1.82) is 0 Å². The van der Waals surface area contributed by atoms with Crippen LogP contribution < -0.4 is 10.1 Å². The van der Waals surface area contributed by atoms with Crippen LogP contribution in [0.5, 0.6) is 23.0 Å². The third-order valence-electron chi connectivity index (χ3n) is 12.1. The van der Waals surface area contributed by atoms with Gasteiger partial charge in [0.05, 0.1) is 46.9 Å². The van der Waals surface area contributed by atoms with Crippen molar-refractivity contribution >= 4 is 45.9 Å². The molecule has 0 saturated heterocycles. The molecule has 0 spiro atoms. The molecule has 3 aliphatic rings. The van der Waals surface area contributed by atoms with Crippen molar-refractivity contribution in [3.8, 4) is 23.0 Å². The molecule has 0 radical (unpaired) electrons. The van der Waals surface area contributed by atoms with Crippen LogP contribution in [-0.4, -0.2) is 92.8 Å². The minimum atomic E-state index is -2.07. The lowest BCUT2D eigenvalue weighted by Gasteiger charge is -2.38. The predicted molar refractivity (Wildman–Crippen MR) is 242 cm³/mol. The maximum atomic E-state index is 14.5. The second-order valence-electron chi connectivity index (χ2n) is 16.8. The largest absolute Gasteiger partial charge is 0.507 e. The molecule has 6 N–H and O–H groups in total. The Morgan fingerprint density at radius 1 is 0.922 bits per heavy atom. The Balaban J connectivity index is 1.66. The first kappa shape index (κ1) is 48.9. The summed E-state index contributed by atoms with van der Waals surface area (Å²) >= 11 is 0. The van der Waals surface area contributed by atoms with Gasteiger partial charge in [0.15, 0.2) is 5.75 Å². The normalized spacial score (nSPS) is 27.1. The minimum absolute atomic E-state index is 0.0375. The number of rotatable bonds is 8. The molecule has 9 atom stereocenters. The molecule has 3 aromatic rings. The van der Waals surface area contributed by atoms with E-state index in [0.29, 0.717) is 12.1 Å². The number of ketones is 1. The second-order valence-corrected chi connectivity index (χ2v) is 16.8. The van der Waals surface area contributed by atoms with Crippen LogP contribution in [0.25, 0.3) is 16.8 Å². The number of nitrogens with one attached hydrogen (secondary N) is 1. The smallest absolute Gasteiger partial charge is 0.312 e. The molecule has 0 fully saturated rings. The van der Waals surface area contributed by atoms with Crippen molar-refractivity contribution in [3.05, 3.63) is 94.8 Å². The summed E-state index contributed by atoms with van der Waals surface area (Å²) in [7, 11) is 1.43. The van der Waals surface area contributed by atoms with Gasteiger partial charge in [-0.15, -0.1) is 0 Å². The van der Waals surface area contributed by atoms with E-state index in [1.54, 1.807) is 46.8 Å². The molecule has 64 heavy (non-hydrogen) atoms. The number of aliphatic hydroxyl groups excluding tert-OH is 2. The number of carbonyl (C=O) groups is 3. The van der Waals surface area contributed by atoms with E-state index in [-0.39, 0.29) is 51.1 Å². The van der Waals surface area contributed by atoms with Gasteiger partial charge in [-0.1, -0.05) is 81.4 Å². The van der Waals surface area contributed by atoms with Crippen LogP contribution in [0, 0.1) is 30.6 Å². The van der Waals surface area contributed by atoms with Gasteiger partial charge in [0.25, 0.3) is 11.7 Å². The van der Waals surface area contributed by atoms with Gasteiger partial charge in [0.2, 0.25) is 0 Å². The number of amides is 1. The van der Waals surface area contributed by atoms with E-state index in [1.165, 1.54) is 65.4 Å². The highest BCUT2D eigenvalue weighted by Gasteiger charge is 2.50. The quantitative estimate of drug-likeness (QED) is 0.0325. The molecule has 344 valence electrons. The number of ether oxygens (including phenoxy) is 4. The molecular weight excluding hydrogens is 825 g/mol. The van der Waals surface area contributed by atoms with E-state index in [4.69, 9.17) is 23.8 Å². The van der Waals surface area contributed by atoms with Gasteiger partial charge in [-0.25, -0.2) is 0 Å². The first-order valence-corrected chi connectivity index (χ1v) is 21.2. The lowest BCUT2D eigenvalue weighted by atomic mass is 9.78. The number of aromatic hydroxyl groups is 3. The molecule has 1 amide bonds. The maximum Gasteiger partial charge on any atom is 0.312 e. The molecule has 3 aromatic carbocycles. The monoisotopic (exact) mass is 884 g/mol. The van der Waals surface area contributed by atoms with Crippen molar-refractivity contribution in [2.45, 2.75) is 98.9 Å². The van der Waals surface area contributed by atoms with E-state index in [9.17, 15) is 39.9 Å². The highest BCUT2D eigenvalue weighted by molar-refractivity contribution is 6.23. The number of phenolic OH excluding ortho intramolecular Hbond substituents is 3. The van der Waals surface area contributed by atoms with Gasteiger partial charge in [0, 0.05) is 73.1 Å². The number of phenols is 3. The number of esters is 1. The summed E-state index contributed by atoms with van der Waals surface area (Å²) in [4.78, 5) is 46.2. The Labute approximate surface area is 373 Å². The highest BCUT2D eigenvalue weighted by atomic mass is 16.7. The van der Waals surface area contributed by atoms with Crippen LogP contribution in [0.1, 0.15) is 82.4 Å². The third-order valence-corrected chi connectivity index (χ3v) is 12.1. The van der Waals surface area contributed by atoms with Crippen LogP contribution in [-0.2, 0) is 35.1 Å². The van der Waals surface area contributed by atoms with E-state index in [0.717, 1.165) is 5.56 Å². The van der Waals surface area contributed by atoms with Gasteiger partial charge in [-0.3, -0.25) is 14.4 Å². The van der Waals surface area contributed by atoms with Crippen molar-refractivity contribution in [2.24, 2.45) is 28.8 Å². The first-order valence-electron chi connectivity index (χ1n) is 21.2. The average molecular weight is 885 g/mol. The predicted octanol–water partition coefficient (Wildman–Crippen LogP) is 7.40. The van der Waals surface area contributed by atoms with E-state index in [2.05, 4.69) is 10.5 Å². The van der Waals surface area contributed by atoms with Crippen molar-refractivity contribution in [1.82, 2.24) is 0 Å². The molecule has 15 nitrogen and oxygen atoms in total.